The molecule has 3 rings (SSSR count). The minimum Gasteiger partial charge on any atom is -0.444 e. The summed E-state index contributed by atoms with van der Waals surface area (Å²) in [7, 11) is 0. The molecule has 0 radical (unpaired) electrons. The van der Waals surface area contributed by atoms with Gasteiger partial charge in [-0.25, -0.2) is 9.78 Å². The van der Waals surface area contributed by atoms with Crippen molar-refractivity contribution in [3.05, 3.63) is 35.8 Å². The molecule has 6 nitrogen and oxygen atoms in total. The van der Waals surface area contributed by atoms with E-state index in [1.165, 1.54) is 29.2 Å². The highest BCUT2D eigenvalue weighted by Gasteiger charge is 2.38. The molecule has 1 aliphatic rings. The van der Waals surface area contributed by atoms with Crippen LogP contribution in [0.2, 0.25) is 0 Å². The predicted octanol–water partition coefficient (Wildman–Crippen LogP) is 6.33. The van der Waals surface area contributed by atoms with Gasteiger partial charge in [0.1, 0.15) is 5.60 Å². The molecular formula is C21H25F4N3O3S. The van der Waals surface area contributed by atoms with E-state index in [1.54, 1.807) is 20.8 Å². The Hall–Kier alpha value is -2.43. The van der Waals surface area contributed by atoms with E-state index in [0.717, 1.165) is 0 Å². The number of ether oxygens (including phenoxy) is 1. The summed E-state index contributed by atoms with van der Waals surface area (Å²) in [5.74, 6) is 0.0736. The van der Waals surface area contributed by atoms with Crippen LogP contribution >= 0.6 is 12.1 Å². The van der Waals surface area contributed by atoms with Crippen molar-refractivity contribution in [2.75, 3.05) is 6.54 Å². The Morgan fingerprint density at radius 2 is 1.91 bits per heavy atom. The van der Waals surface area contributed by atoms with E-state index < -0.39 is 36.8 Å². The van der Waals surface area contributed by atoms with Gasteiger partial charge in [0, 0.05) is 29.8 Å². The van der Waals surface area contributed by atoms with E-state index in [1.807, 2.05) is 0 Å². The highest BCUT2D eigenvalue weighted by molar-refractivity contribution is 7.94. The number of likely N-dealkylation sites (tertiary alicyclic amines) is 1. The number of carbonyl (C=O) groups excluding carboxylic acids is 1. The smallest absolute Gasteiger partial charge is 0.410 e. The van der Waals surface area contributed by atoms with Crippen molar-refractivity contribution in [1.82, 2.24) is 14.6 Å². The summed E-state index contributed by atoms with van der Waals surface area (Å²) >= 11 is 0.0453. The van der Waals surface area contributed by atoms with Gasteiger partial charge in [-0.15, -0.1) is 0 Å². The second-order valence-corrected chi connectivity index (χ2v) is 9.25. The number of rotatable bonds is 5. The molecule has 1 fully saturated rings. The monoisotopic (exact) mass is 475 g/mol. The zero-order chi connectivity index (χ0) is 23.7. The van der Waals surface area contributed by atoms with Gasteiger partial charge in [-0.1, -0.05) is 12.1 Å². The standard InChI is InChI=1S/C21H25F4N3O3S/c1-20(2,3)31-19(29)27-12-4-5-16(27)18-26-17(13-6-8-14(32-25)9-7-13)15(28(18)30)10-11-21(22,23)24/h6-9,16,30H,4-5,10-12H2,1-3H3/t16-/m0/s1. The van der Waals surface area contributed by atoms with Gasteiger partial charge in [0.2, 0.25) is 0 Å². The zero-order valence-electron chi connectivity index (χ0n) is 17.9. The molecule has 2 heterocycles. The third-order valence-corrected chi connectivity index (χ3v) is 5.46. The summed E-state index contributed by atoms with van der Waals surface area (Å²) < 4.78 is 57.6. The van der Waals surface area contributed by atoms with Crippen LogP contribution in [0.5, 0.6) is 0 Å². The number of benzene rings is 1. The molecule has 1 aromatic carbocycles. The normalized spacial score (nSPS) is 17.1. The summed E-state index contributed by atoms with van der Waals surface area (Å²) in [6.45, 7) is 5.57. The minimum absolute atomic E-state index is 0.0194. The number of imidazole rings is 1. The lowest BCUT2D eigenvalue weighted by Crippen LogP contribution is -2.37. The molecule has 0 bridgehead atoms. The van der Waals surface area contributed by atoms with Crippen LogP contribution in [-0.4, -0.2) is 44.2 Å². The quantitative estimate of drug-likeness (QED) is 0.404. The molecular weight excluding hydrogens is 450 g/mol. The van der Waals surface area contributed by atoms with Gasteiger partial charge in [-0.2, -0.15) is 21.8 Å². The van der Waals surface area contributed by atoms with Crippen molar-refractivity contribution < 1.29 is 31.8 Å². The molecule has 1 saturated heterocycles. The van der Waals surface area contributed by atoms with Gasteiger partial charge in [-0.05, 0) is 45.7 Å². The molecule has 0 aliphatic carbocycles. The summed E-state index contributed by atoms with van der Waals surface area (Å²) in [6, 6.07) is 5.38. The average molecular weight is 476 g/mol. The zero-order valence-corrected chi connectivity index (χ0v) is 18.8. The SMILES string of the molecule is CC(C)(C)OC(=O)N1CCC[C@H]1c1nc(-c2ccc(SF)cc2)c(CCC(F)(F)F)n1O. The Balaban J connectivity index is 2.00. The van der Waals surface area contributed by atoms with Gasteiger partial charge in [-0.3, -0.25) is 4.90 Å². The Morgan fingerprint density at radius 3 is 2.47 bits per heavy atom. The summed E-state index contributed by atoms with van der Waals surface area (Å²) in [6.07, 6.45) is -5.54. The molecule has 1 atom stereocenters. The fourth-order valence-electron chi connectivity index (χ4n) is 3.63. The third kappa shape index (κ3) is 5.67. The van der Waals surface area contributed by atoms with Crippen molar-refractivity contribution in [2.24, 2.45) is 0 Å². The first-order chi connectivity index (χ1) is 14.9. The lowest BCUT2D eigenvalue weighted by molar-refractivity contribution is -0.134. The van der Waals surface area contributed by atoms with E-state index in [4.69, 9.17) is 4.74 Å². The van der Waals surface area contributed by atoms with E-state index in [2.05, 4.69) is 4.98 Å². The number of hydrogen-bond donors (Lipinski definition) is 1. The van der Waals surface area contributed by atoms with Gasteiger partial charge < -0.3 is 9.94 Å². The van der Waals surface area contributed by atoms with E-state index >= 15 is 0 Å². The highest BCUT2D eigenvalue weighted by atomic mass is 32.2. The topological polar surface area (TPSA) is 67.6 Å². The summed E-state index contributed by atoms with van der Waals surface area (Å²) in [4.78, 5) is 18.9. The molecule has 1 aliphatic heterocycles. The van der Waals surface area contributed by atoms with Crippen LogP contribution in [0.1, 0.15) is 57.6 Å². The number of amides is 1. The number of halogens is 4. The van der Waals surface area contributed by atoms with Crippen LogP contribution in [0.4, 0.5) is 21.9 Å². The first kappa shape index (κ1) is 24.2. The van der Waals surface area contributed by atoms with Gasteiger partial charge >= 0.3 is 12.3 Å². The molecule has 1 N–H and O–H groups in total. The lowest BCUT2D eigenvalue weighted by atomic mass is 10.1. The van der Waals surface area contributed by atoms with Crippen LogP contribution in [-0.2, 0) is 11.2 Å². The molecule has 1 aromatic heterocycles. The maximum atomic E-state index is 12.9. The van der Waals surface area contributed by atoms with E-state index in [9.17, 15) is 27.1 Å². The van der Waals surface area contributed by atoms with Crippen molar-refractivity contribution in [2.45, 2.75) is 69.2 Å². The summed E-state index contributed by atoms with van der Waals surface area (Å²) in [5, 5.41) is 10.8. The van der Waals surface area contributed by atoms with Crippen LogP contribution in [0.15, 0.2) is 29.2 Å². The first-order valence-corrected chi connectivity index (χ1v) is 10.9. The van der Waals surface area contributed by atoms with E-state index in [-0.39, 0.29) is 29.4 Å². The second-order valence-electron chi connectivity index (χ2n) is 8.63. The third-order valence-electron chi connectivity index (χ3n) is 5.01. The predicted molar refractivity (Wildman–Crippen MR) is 111 cm³/mol. The number of hydrogen-bond acceptors (Lipinski definition) is 5. The van der Waals surface area contributed by atoms with Crippen LogP contribution in [0, 0.1) is 0 Å². The average Bonchev–Trinajstić information content (AvgIpc) is 3.29. The Kier molecular flexibility index (Phi) is 6.97. The molecule has 2 aromatic rings. The Labute approximate surface area is 187 Å². The Morgan fingerprint density at radius 1 is 1.25 bits per heavy atom. The second kappa shape index (κ2) is 9.21. The maximum Gasteiger partial charge on any atom is 0.410 e. The van der Waals surface area contributed by atoms with Gasteiger partial charge in [0.05, 0.1) is 29.6 Å². The first-order valence-electron chi connectivity index (χ1n) is 10.2. The fourth-order valence-corrected chi connectivity index (χ4v) is 3.87. The lowest BCUT2D eigenvalue weighted by Gasteiger charge is -2.28. The van der Waals surface area contributed by atoms with Crippen molar-refractivity contribution in [3.63, 3.8) is 0 Å². The molecule has 11 heteroatoms. The number of nitrogens with zero attached hydrogens (tertiary/aromatic N) is 3. The van der Waals surface area contributed by atoms with Crippen molar-refractivity contribution in [1.29, 1.82) is 0 Å². The minimum atomic E-state index is -4.42. The maximum absolute atomic E-state index is 12.9. The molecule has 0 unspecified atom stereocenters. The highest BCUT2D eigenvalue weighted by Crippen LogP contribution is 2.37. The van der Waals surface area contributed by atoms with E-state index in [0.29, 0.717) is 34.6 Å². The molecule has 0 saturated carbocycles. The van der Waals surface area contributed by atoms with Crippen LogP contribution in [0.3, 0.4) is 0 Å². The molecule has 32 heavy (non-hydrogen) atoms. The molecule has 176 valence electrons. The van der Waals surface area contributed by atoms with Crippen molar-refractivity contribution >= 4 is 18.2 Å². The van der Waals surface area contributed by atoms with Crippen molar-refractivity contribution in [3.8, 4) is 11.3 Å². The van der Waals surface area contributed by atoms with Gasteiger partial charge in [0.15, 0.2) is 5.82 Å². The summed E-state index contributed by atoms with van der Waals surface area (Å²) in [5.41, 5.74) is -0.138. The van der Waals surface area contributed by atoms with Crippen LogP contribution < -0.4 is 0 Å². The number of aromatic nitrogens is 2. The molecule has 1 amide bonds. The number of carbonyl (C=O) groups is 1. The van der Waals surface area contributed by atoms with Crippen LogP contribution in [0.25, 0.3) is 11.3 Å². The number of alkyl halides is 3. The fraction of sp³-hybridized carbons (Fsp3) is 0.524. The van der Waals surface area contributed by atoms with Gasteiger partial charge in [0.25, 0.3) is 0 Å². The molecule has 0 spiro atoms. The largest absolute Gasteiger partial charge is 0.444 e. The Bertz CT molecular complexity index is 955.